The molecule has 1 heterocycles. The van der Waals surface area contributed by atoms with Gasteiger partial charge in [-0.3, -0.25) is 0 Å². The van der Waals surface area contributed by atoms with E-state index in [1.54, 1.807) is 0 Å². The van der Waals surface area contributed by atoms with Crippen LogP contribution in [0.3, 0.4) is 0 Å². The molecule has 0 bridgehead atoms. The number of nitrogens with one attached hydrogen (secondary N) is 1. The summed E-state index contributed by atoms with van der Waals surface area (Å²) in [5.41, 5.74) is 3.84. The van der Waals surface area contributed by atoms with Crippen molar-refractivity contribution in [3.63, 3.8) is 0 Å². The molecule has 0 amide bonds. The number of benzene rings is 1. The molecule has 13 heavy (non-hydrogen) atoms. The molecule has 0 aliphatic heterocycles. The van der Waals surface area contributed by atoms with E-state index in [9.17, 15) is 0 Å². The Morgan fingerprint density at radius 2 is 2.15 bits per heavy atom. The molecule has 1 aromatic heterocycles. The van der Waals surface area contributed by atoms with E-state index >= 15 is 0 Å². The minimum atomic E-state index is 1.08. The van der Waals surface area contributed by atoms with E-state index < -0.39 is 0 Å². The summed E-state index contributed by atoms with van der Waals surface area (Å²) in [6.07, 6.45) is 1.08. The molecule has 2 rings (SSSR count). The topological polar surface area (TPSA) is 15.8 Å². The molecule has 0 spiro atoms. The SMILES string of the molecule is CCc1ccc(Br)c2[nH]c(C)cc12. The summed E-state index contributed by atoms with van der Waals surface area (Å²) in [7, 11) is 0. The first-order valence-electron chi connectivity index (χ1n) is 4.49. The largest absolute Gasteiger partial charge is 0.358 e. The molecule has 0 saturated carbocycles. The van der Waals surface area contributed by atoms with Crippen LogP contribution in [0.1, 0.15) is 18.2 Å². The number of hydrogen-bond donors (Lipinski definition) is 1. The van der Waals surface area contributed by atoms with E-state index in [2.05, 4.69) is 53.0 Å². The van der Waals surface area contributed by atoms with Crippen LogP contribution in [0.2, 0.25) is 0 Å². The van der Waals surface area contributed by atoms with Gasteiger partial charge in [-0.25, -0.2) is 0 Å². The molecular formula is C11H12BrN. The number of hydrogen-bond acceptors (Lipinski definition) is 0. The molecule has 0 atom stereocenters. The van der Waals surface area contributed by atoms with Gasteiger partial charge in [0.15, 0.2) is 0 Å². The standard InChI is InChI=1S/C11H12BrN/c1-3-8-4-5-10(12)11-9(8)6-7(2)13-11/h4-6,13H,3H2,1-2H3. The van der Waals surface area contributed by atoms with E-state index in [1.165, 1.54) is 22.2 Å². The molecule has 0 saturated heterocycles. The first-order valence-corrected chi connectivity index (χ1v) is 5.28. The number of H-pyrrole nitrogens is 1. The third-order valence-electron chi connectivity index (χ3n) is 2.35. The minimum absolute atomic E-state index is 1.08. The number of aromatic nitrogens is 1. The van der Waals surface area contributed by atoms with Crippen molar-refractivity contribution in [2.24, 2.45) is 0 Å². The number of fused-ring (bicyclic) bond motifs is 1. The molecule has 2 heteroatoms. The zero-order valence-electron chi connectivity index (χ0n) is 7.82. The van der Waals surface area contributed by atoms with Gasteiger partial charge >= 0.3 is 0 Å². The van der Waals surface area contributed by atoms with Crippen molar-refractivity contribution in [3.05, 3.63) is 33.9 Å². The fourth-order valence-electron chi connectivity index (χ4n) is 1.69. The van der Waals surface area contributed by atoms with Gasteiger partial charge in [0.2, 0.25) is 0 Å². The Morgan fingerprint density at radius 1 is 1.38 bits per heavy atom. The highest BCUT2D eigenvalue weighted by Crippen LogP contribution is 2.27. The zero-order valence-corrected chi connectivity index (χ0v) is 9.40. The van der Waals surface area contributed by atoms with Crippen molar-refractivity contribution >= 4 is 26.8 Å². The first-order chi connectivity index (χ1) is 6.22. The lowest BCUT2D eigenvalue weighted by molar-refractivity contribution is 1.16. The highest BCUT2D eigenvalue weighted by atomic mass is 79.9. The van der Waals surface area contributed by atoms with Crippen LogP contribution >= 0.6 is 15.9 Å². The van der Waals surface area contributed by atoms with Crippen LogP contribution in [0.25, 0.3) is 10.9 Å². The first kappa shape index (κ1) is 8.82. The van der Waals surface area contributed by atoms with Crippen LogP contribution in [0, 0.1) is 6.92 Å². The van der Waals surface area contributed by atoms with Gasteiger partial charge in [-0.2, -0.15) is 0 Å². The van der Waals surface area contributed by atoms with Gasteiger partial charge in [-0.1, -0.05) is 13.0 Å². The van der Waals surface area contributed by atoms with Crippen molar-refractivity contribution in [2.45, 2.75) is 20.3 Å². The Bertz CT molecular complexity index is 443. The molecule has 0 fully saturated rings. The monoisotopic (exact) mass is 237 g/mol. The Hall–Kier alpha value is -0.760. The Morgan fingerprint density at radius 3 is 2.85 bits per heavy atom. The quantitative estimate of drug-likeness (QED) is 0.777. The van der Waals surface area contributed by atoms with Crippen molar-refractivity contribution in [1.29, 1.82) is 0 Å². The van der Waals surface area contributed by atoms with Crippen LogP contribution in [0.4, 0.5) is 0 Å². The van der Waals surface area contributed by atoms with Crippen molar-refractivity contribution in [3.8, 4) is 0 Å². The molecule has 1 nitrogen and oxygen atoms in total. The lowest BCUT2D eigenvalue weighted by Crippen LogP contribution is -1.81. The van der Waals surface area contributed by atoms with E-state index in [1.807, 2.05) is 0 Å². The highest BCUT2D eigenvalue weighted by Gasteiger charge is 2.05. The second kappa shape index (κ2) is 3.18. The minimum Gasteiger partial charge on any atom is -0.358 e. The molecule has 1 N–H and O–H groups in total. The predicted molar refractivity (Wildman–Crippen MR) is 60.1 cm³/mol. The van der Waals surface area contributed by atoms with Crippen molar-refractivity contribution in [2.75, 3.05) is 0 Å². The third-order valence-corrected chi connectivity index (χ3v) is 3.01. The van der Waals surface area contributed by atoms with Crippen molar-refractivity contribution in [1.82, 2.24) is 4.98 Å². The van der Waals surface area contributed by atoms with Crippen LogP contribution < -0.4 is 0 Å². The van der Waals surface area contributed by atoms with E-state index in [0.717, 1.165) is 10.9 Å². The number of aromatic amines is 1. The molecule has 0 aliphatic carbocycles. The van der Waals surface area contributed by atoms with Gasteiger partial charge in [0, 0.05) is 15.6 Å². The summed E-state index contributed by atoms with van der Waals surface area (Å²) in [5.74, 6) is 0. The Balaban J connectivity index is 2.83. The van der Waals surface area contributed by atoms with Gasteiger partial charge in [0.05, 0.1) is 5.52 Å². The van der Waals surface area contributed by atoms with Crippen molar-refractivity contribution < 1.29 is 0 Å². The predicted octanol–water partition coefficient (Wildman–Crippen LogP) is 3.80. The number of rotatable bonds is 1. The van der Waals surface area contributed by atoms with Gasteiger partial charge in [-0.15, -0.1) is 0 Å². The van der Waals surface area contributed by atoms with Gasteiger partial charge in [0.1, 0.15) is 0 Å². The van der Waals surface area contributed by atoms with Crippen LogP contribution in [0.15, 0.2) is 22.7 Å². The molecular weight excluding hydrogens is 226 g/mol. The average molecular weight is 238 g/mol. The van der Waals surface area contributed by atoms with Crippen LogP contribution in [0.5, 0.6) is 0 Å². The van der Waals surface area contributed by atoms with Crippen LogP contribution in [-0.2, 0) is 6.42 Å². The summed E-state index contributed by atoms with van der Waals surface area (Å²) in [6, 6.07) is 6.50. The highest BCUT2D eigenvalue weighted by molar-refractivity contribution is 9.10. The Labute approximate surface area is 86.3 Å². The van der Waals surface area contributed by atoms with E-state index in [4.69, 9.17) is 0 Å². The van der Waals surface area contributed by atoms with Gasteiger partial charge < -0.3 is 4.98 Å². The molecule has 0 unspecified atom stereocenters. The van der Waals surface area contributed by atoms with E-state index in [0.29, 0.717) is 0 Å². The molecule has 0 aliphatic rings. The zero-order chi connectivity index (χ0) is 9.42. The van der Waals surface area contributed by atoms with Gasteiger partial charge in [-0.05, 0) is 47.0 Å². The average Bonchev–Trinajstić information content (AvgIpc) is 2.48. The Kier molecular flexibility index (Phi) is 2.16. The second-order valence-corrected chi connectivity index (χ2v) is 4.16. The maximum absolute atomic E-state index is 3.54. The normalized spacial score (nSPS) is 11.0. The molecule has 0 radical (unpaired) electrons. The molecule has 2 aromatic rings. The van der Waals surface area contributed by atoms with Crippen LogP contribution in [-0.4, -0.2) is 4.98 Å². The summed E-state index contributed by atoms with van der Waals surface area (Å²) in [6.45, 7) is 4.27. The molecule has 1 aromatic carbocycles. The fraction of sp³-hybridized carbons (Fsp3) is 0.273. The van der Waals surface area contributed by atoms with Gasteiger partial charge in [0.25, 0.3) is 0 Å². The van der Waals surface area contributed by atoms with E-state index in [-0.39, 0.29) is 0 Å². The second-order valence-electron chi connectivity index (χ2n) is 3.30. The summed E-state index contributed by atoms with van der Waals surface area (Å²) < 4.78 is 1.15. The summed E-state index contributed by atoms with van der Waals surface area (Å²) in [5, 5.41) is 1.34. The summed E-state index contributed by atoms with van der Waals surface area (Å²) in [4.78, 5) is 3.35. The lowest BCUT2D eigenvalue weighted by atomic mass is 10.1. The number of aryl methyl sites for hydroxylation is 2. The number of halogens is 1. The third kappa shape index (κ3) is 1.39. The fourth-order valence-corrected chi connectivity index (χ4v) is 2.13. The lowest BCUT2D eigenvalue weighted by Gasteiger charge is -2.00. The summed E-state index contributed by atoms with van der Waals surface area (Å²) >= 11 is 3.54. The maximum Gasteiger partial charge on any atom is 0.0603 e. The maximum atomic E-state index is 3.54. The molecule has 68 valence electrons. The smallest absolute Gasteiger partial charge is 0.0603 e.